The maximum absolute atomic E-state index is 12.9. The highest BCUT2D eigenvalue weighted by atomic mass is 16.5. The van der Waals surface area contributed by atoms with Crippen molar-refractivity contribution in [1.29, 1.82) is 0 Å². The molecule has 1 aliphatic rings. The fraction of sp³-hybridized carbons (Fsp3) is 0.286. The van der Waals surface area contributed by atoms with Gasteiger partial charge in [0.05, 0.1) is 12.2 Å². The molecule has 1 aliphatic heterocycles. The van der Waals surface area contributed by atoms with Gasteiger partial charge in [0.25, 0.3) is 0 Å². The first kappa shape index (κ1) is 22.6. The summed E-state index contributed by atoms with van der Waals surface area (Å²) in [6.07, 6.45) is -8.39. The quantitative estimate of drug-likeness (QED) is 0.224. The van der Waals surface area contributed by atoms with Gasteiger partial charge in [-0.05, 0) is 18.2 Å². The molecule has 1 aromatic heterocycles. The molecule has 1 saturated heterocycles. The Bertz CT molecular complexity index is 1280. The second-order valence-electron chi connectivity index (χ2n) is 7.59. The first-order valence-corrected chi connectivity index (χ1v) is 9.64. The van der Waals surface area contributed by atoms with E-state index >= 15 is 0 Å². The van der Waals surface area contributed by atoms with Gasteiger partial charge in [-0.3, -0.25) is 4.79 Å². The maximum Gasteiger partial charge on any atom is 0.238 e. The fourth-order valence-electron chi connectivity index (χ4n) is 3.81. The SMILES string of the molecule is O=c1c(O)c(-c2ccc(O)c(O)c2)oc2cc(O)c([C@@H]3OC(CO)[C@H](O)[C@H](O)C3O)c(O)c12. The molecule has 4 rings (SSSR count). The van der Waals surface area contributed by atoms with E-state index < -0.39 is 88.0 Å². The van der Waals surface area contributed by atoms with E-state index in [9.17, 15) is 50.8 Å². The second kappa shape index (κ2) is 8.10. The van der Waals surface area contributed by atoms with Gasteiger partial charge < -0.3 is 55.1 Å². The molecule has 2 heterocycles. The molecule has 5 atom stereocenters. The van der Waals surface area contributed by atoms with Crippen LogP contribution in [0, 0.1) is 0 Å². The summed E-state index contributed by atoms with van der Waals surface area (Å²) < 4.78 is 10.8. The van der Waals surface area contributed by atoms with E-state index in [0.717, 1.165) is 18.2 Å². The van der Waals surface area contributed by atoms with Crippen molar-refractivity contribution in [2.45, 2.75) is 30.5 Å². The molecule has 0 radical (unpaired) electrons. The lowest BCUT2D eigenvalue weighted by molar-refractivity contribution is -0.232. The van der Waals surface area contributed by atoms with Gasteiger partial charge in [0.15, 0.2) is 17.3 Å². The molecule has 3 aromatic rings. The monoisotopic (exact) mass is 464 g/mol. The standard InChI is InChI=1S/C21H20O12/c22-5-11-14(26)17(29)19(31)21(33-11)12-9(25)4-10-13(15(12)27)16(28)18(30)20(32-10)6-1-2-7(23)8(24)3-6/h1-4,11,14,17,19,21-27,29-31H,5H2/t11?,14-,17-,19?,21-/m0/s1. The predicted octanol–water partition coefficient (Wildman–Crippen LogP) is -0.497. The van der Waals surface area contributed by atoms with Crippen LogP contribution in [0.4, 0.5) is 0 Å². The van der Waals surface area contributed by atoms with Gasteiger partial charge in [-0.2, -0.15) is 0 Å². The third-order valence-corrected chi connectivity index (χ3v) is 5.57. The molecule has 1 fully saturated rings. The molecule has 0 aliphatic carbocycles. The highest BCUT2D eigenvalue weighted by Gasteiger charge is 2.46. The Balaban J connectivity index is 1.91. The highest BCUT2D eigenvalue weighted by molar-refractivity contribution is 5.90. The highest BCUT2D eigenvalue weighted by Crippen LogP contribution is 2.45. The van der Waals surface area contributed by atoms with Crippen LogP contribution < -0.4 is 5.43 Å². The van der Waals surface area contributed by atoms with E-state index in [2.05, 4.69) is 0 Å². The van der Waals surface area contributed by atoms with Crippen molar-refractivity contribution in [3.05, 3.63) is 40.1 Å². The van der Waals surface area contributed by atoms with Crippen LogP contribution >= 0.6 is 0 Å². The Morgan fingerprint density at radius 1 is 0.818 bits per heavy atom. The summed E-state index contributed by atoms with van der Waals surface area (Å²) >= 11 is 0. The average molecular weight is 464 g/mol. The normalized spacial score (nSPS) is 25.4. The van der Waals surface area contributed by atoms with Gasteiger partial charge in [0.2, 0.25) is 11.2 Å². The minimum atomic E-state index is -1.86. The summed E-state index contributed by atoms with van der Waals surface area (Å²) in [5.41, 5.74) is -2.06. The second-order valence-corrected chi connectivity index (χ2v) is 7.59. The van der Waals surface area contributed by atoms with Crippen LogP contribution in [-0.4, -0.2) is 77.0 Å². The summed E-state index contributed by atoms with van der Waals surface area (Å²) in [7, 11) is 0. The van der Waals surface area contributed by atoms with Crippen LogP contribution in [0.2, 0.25) is 0 Å². The molecule has 9 N–H and O–H groups in total. The number of aliphatic hydroxyl groups is 4. The van der Waals surface area contributed by atoms with E-state index in [1.54, 1.807) is 0 Å². The van der Waals surface area contributed by atoms with Crippen molar-refractivity contribution in [1.82, 2.24) is 0 Å². The van der Waals surface area contributed by atoms with Gasteiger partial charge in [-0.15, -0.1) is 0 Å². The van der Waals surface area contributed by atoms with E-state index in [1.165, 1.54) is 6.07 Å². The molecule has 176 valence electrons. The number of benzene rings is 2. The van der Waals surface area contributed by atoms with Crippen molar-refractivity contribution >= 4 is 11.0 Å². The van der Waals surface area contributed by atoms with Crippen LogP contribution in [0.15, 0.2) is 33.5 Å². The molecule has 12 nitrogen and oxygen atoms in total. The summed E-state index contributed by atoms with van der Waals surface area (Å²) in [6, 6.07) is 4.24. The van der Waals surface area contributed by atoms with Crippen molar-refractivity contribution in [2.75, 3.05) is 6.61 Å². The molecular formula is C21H20O12. The summed E-state index contributed by atoms with van der Waals surface area (Å²) in [6.45, 7) is -0.762. The summed E-state index contributed by atoms with van der Waals surface area (Å²) in [5.74, 6) is -4.06. The molecular weight excluding hydrogens is 444 g/mol. The average Bonchev–Trinajstić information content (AvgIpc) is 2.77. The number of phenols is 4. The fourth-order valence-corrected chi connectivity index (χ4v) is 3.81. The Morgan fingerprint density at radius 3 is 2.15 bits per heavy atom. The third kappa shape index (κ3) is 3.50. The first-order chi connectivity index (χ1) is 15.6. The molecule has 0 saturated carbocycles. The van der Waals surface area contributed by atoms with Crippen molar-refractivity contribution < 1.29 is 55.1 Å². The van der Waals surface area contributed by atoms with Crippen LogP contribution in [0.3, 0.4) is 0 Å². The number of hydrogen-bond acceptors (Lipinski definition) is 12. The van der Waals surface area contributed by atoms with Crippen molar-refractivity contribution in [3.63, 3.8) is 0 Å². The first-order valence-electron chi connectivity index (χ1n) is 9.64. The molecule has 2 unspecified atom stereocenters. The van der Waals surface area contributed by atoms with Gasteiger partial charge in [0, 0.05) is 11.6 Å². The Hall–Kier alpha value is -3.55. The Kier molecular flexibility index (Phi) is 5.56. The number of rotatable bonds is 3. The molecule has 0 spiro atoms. The van der Waals surface area contributed by atoms with E-state index in [1.807, 2.05) is 0 Å². The van der Waals surface area contributed by atoms with E-state index in [0.29, 0.717) is 0 Å². The van der Waals surface area contributed by atoms with Gasteiger partial charge >= 0.3 is 0 Å². The predicted molar refractivity (Wildman–Crippen MR) is 109 cm³/mol. The minimum Gasteiger partial charge on any atom is -0.507 e. The lowest BCUT2D eigenvalue weighted by atomic mass is 9.89. The zero-order chi connectivity index (χ0) is 24.2. The van der Waals surface area contributed by atoms with E-state index in [-0.39, 0.29) is 11.1 Å². The van der Waals surface area contributed by atoms with Crippen LogP contribution in [0.25, 0.3) is 22.3 Å². The topological polar surface area (TPSA) is 222 Å². The number of ether oxygens (including phenoxy) is 1. The zero-order valence-electron chi connectivity index (χ0n) is 16.7. The van der Waals surface area contributed by atoms with Gasteiger partial charge in [-0.1, -0.05) is 0 Å². The molecule has 12 heteroatoms. The smallest absolute Gasteiger partial charge is 0.238 e. The molecule has 0 amide bonds. The largest absolute Gasteiger partial charge is 0.507 e. The summed E-state index contributed by atoms with van der Waals surface area (Å²) in [5, 5.41) is 89.9. The number of aliphatic hydroxyl groups excluding tert-OH is 4. The summed E-state index contributed by atoms with van der Waals surface area (Å²) in [4.78, 5) is 12.9. The number of phenolic OH excluding ortho intramolecular Hbond substituents is 4. The number of hydrogen-bond donors (Lipinski definition) is 9. The maximum atomic E-state index is 12.9. The van der Waals surface area contributed by atoms with Crippen LogP contribution in [0.1, 0.15) is 11.7 Å². The van der Waals surface area contributed by atoms with Crippen molar-refractivity contribution in [3.8, 4) is 40.1 Å². The lowest BCUT2D eigenvalue weighted by Crippen LogP contribution is -2.55. The van der Waals surface area contributed by atoms with Crippen LogP contribution in [-0.2, 0) is 4.74 Å². The Labute approximate surface area is 184 Å². The zero-order valence-corrected chi connectivity index (χ0v) is 16.7. The third-order valence-electron chi connectivity index (χ3n) is 5.57. The minimum absolute atomic E-state index is 0.00112. The Morgan fingerprint density at radius 2 is 1.52 bits per heavy atom. The van der Waals surface area contributed by atoms with E-state index in [4.69, 9.17) is 9.15 Å². The number of fused-ring (bicyclic) bond motifs is 1. The van der Waals surface area contributed by atoms with Gasteiger partial charge in [0.1, 0.15) is 53.0 Å². The lowest BCUT2D eigenvalue weighted by Gasteiger charge is -2.40. The molecule has 33 heavy (non-hydrogen) atoms. The number of aromatic hydroxyl groups is 5. The molecule has 2 aromatic carbocycles. The molecule has 0 bridgehead atoms. The van der Waals surface area contributed by atoms with Crippen LogP contribution in [0.5, 0.6) is 28.7 Å². The van der Waals surface area contributed by atoms with Crippen molar-refractivity contribution in [2.24, 2.45) is 0 Å². The van der Waals surface area contributed by atoms with Gasteiger partial charge in [-0.25, -0.2) is 0 Å².